The summed E-state index contributed by atoms with van der Waals surface area (Å²) in [6, 6.07) is 4.68. The van der Waals surface area contributed by atoms with Gasteiger partial charge in [0.05, 0.1) is 17.1 Å². The standard InChI is InChI=1S/C12H14F3NO3S2/c13-12(14,15)9-2-1-3-10(8-9)20-5-7-21(18,19)6-4-11(16)17/h1-3,8H,4-7H2,(H2,16,17). The van der Waals surface area contributed by atoms with Gasteiger partial charge in [-0.15, -0.1) is 11.8 Å². The molecule has 0 fully saturated rings. The van der Waals surface area contributed by atoms with E-state index in [1.165, 1.54) is 12.1 Å². The molecule has 0 bridgehead atoms. The summed E-state index contributed by atoms with van der Waals surface area (Å²) < 4.78 is 60.6. The van der Waals surface area contributed by atoms with Gasteiger partial charge >= 0.3 is 6.18 Å². The lowest BCUT2D eigenvalue weighted by Gasteiger charge is -2.08. The van der Waals surface area contributed by atoms with Gasteiger partial charge in [-0.1, -0.05) is 6.07 Å². The Hall–Kier alpha value is -1.22. The molecule has 0 aliphatic heterocycles. The third kappa shape index (κ3) is 6.85. The van der Waals surface area contributed by atoms with E-state index in [0.717, 1.165) is 23.9 Å². The number of primary amides is 1. The van der Waals surface area contributed by atoms with Crippen LogP contribution in [0.5, 0.6) is 0 Å². The zero-order valence-electron chi connectivity index (χ0n) is 10.9. The van der Waals surface area contributed by atoms with Gasteiger partial charge in [0, 0.05) is 17.1 Å². The van der Waals surface area contributed by atoms with E-state index >= 15 is 0 Å². The maximum absolute atomic E-state index is 12.5. The van der Waals surface area contributed by atoms with Crippen LogP contribution in [0.3, 0.4) is 0 Å². The Balaban J connectivity index is 2.55. The first-order valence-corrected chi connectivity index (χ1v) is 8.70. The van der Waals surface area contributed by atoms with Gasteiger partial charge in [0.15, 0.2) is 9.84 Å². The predicted molar refractivity (Wildman–Crippen MR) is 74.6 cm³/mol. The summed E-state index contributed by atoms with van der Waals surface area (Å²) in [7, 11) is -3.43. The highest BCUT2D eigenvalue weighted by Crippen LogP contribution is 2.31. The van der Waals surface area contributed by atoms with Gasteiger partial charge in [-0.2, -0.15) is 13.2 Å². The van der Waals surface area contributed by atoms with Crippen molar-refractivity contribution in [1.82, 2.24) is 0 Å². The number of hydrogen-bond acceptors (Lipinski definition) is 4. The van der Waals surface area contributed by atoms with Gasteiger partial charge in [0.25, 0.3) is 0 Å². The molecule has 1 aromatic rings. The summed E-state index contributed by atoms with van der Waals surface area (Å²) in [6.45, 7) is 0. The van der Waals surface area contributed by atoms with Crippen molar-refractivity contribution in [2.45, 2.75) is 17.5 Å². The van der Waals surface area contributed by atoms with Crippen LogP contribution < -0.4 is 5.73 Å². The number of carbonyl (C=O) groups is 1. The largest absolute Gasteiger partial charge is 0.416 e. The molecule has 0 heterocycles. The van der Waals surface area contributed by atoms with Gasteiger partial charge in [0.2, 0.25) is 5.91 Å². The number of rotatable bonds is 7. The van der Waals surface area contributed by atoms with Crippen molar-refractivity contribution in [3.63, 3.8) is 0 Å². The van der Waals surface area contributed by atoms with Crippen LogP contribution >= 0.6 is 11.8 Å². The fraction of sp³-hybridized carbons (Fsp3) is 0.417. The third-order valence-electron chi connectivity index (χ3n) is 2.48. The van der Waals surface area contributed by atoms with Crippen molar-refractivity contribution in [1.29, 1.82) is 0 Å². The molecule has 0 aromatic heterocycles. The second-order valence-corrected chi connectivity index (χ2v) is 7.71. The predicted octanol–water partition coefficient (Wildman–Crippen LogP) is 2.09. The van der Waals surface area contributed by atoms with Crippen LogP contribution in [0.1, 0.15) is 12.0 Å². The van der Waals surface area contributed by atoms with Gasteiger partial charge in [-0.05, 0) is 18.2 Å². The Morgan fingerprint density at radius 3 is 2.48 bits per heavy atom. The minimum absolute atomic E-state index is 0.113. The van der Waals surface area contributed by atoms with Crippen LogP contribution in [-0.2, 0) is 20.8 Å². The van der Waals surface area contributed by atoms with Crippen molar-refractivity contribution < 1.29 is 26.4 Å². The zero-order valence-corrected chi connectivity index (χ0v) is 12.5. The molecular weight excluding hydrogens is 327 g/mol. The maximum Gasteiger partial charge on any atom is 0.416 e. The Bertz CT molecular complexity index is 600. The molecule has 4 nitrogen and oxygen atoms in total. The van der Waals surface area contributed by atoms with Gasteiger partial charge in [-0.25, -0.2) is 8.42 Å². The van der Waals surface area contributed by atoms with Gasteiger partial charge < -0.3 is 5.73 Å². The van der Waals surface area contributed by atoms with E-state index in [-0.39, 0.29) is 23.7 Å². The molecule has 21 heavy (non-hydrogen) atoms. The smallest absolute Gasteiger partial charge is 0.370 e. The Kier molecular flexibility index (Phi) is 6.09. The highest BCUT2D eigenvalue weighted by atomic mass is 32.2. The van der Waals surface area contributed by atoms with Crippen LogP contribution in [0.2, 0.25) is 0 Å². The molecule has 0 saturated carbocycles. The lowest BCUT2D eigenvalue weighted by Crippen LogP contribution is -2.19. The van der Waals surface area contributed by atoms with E-state index < -0.39 is 27.5 Å². The van der Waals surface area contributed by atoms with Gasteiger partial charge in [-0.3, -0.25) is 4.79 Å². The monoisotopic (exact) mass is 341 g/mol. The molecule has 0 spiro atoms. The fourth-order valence-electron chi connectivity index (χ4n) is 1.41. The van der Waals surface area contributed by atoms with E-state index in [9.17, 15) is 26.4 Å². The fourth-order valence-corrected chi connectivity index (χ4v) is 4.09. The minimum atomic E-state index is -4.43. The molecule has 9 heteroatoms. The topological polar surface area (TPSA) is 77.2 Å². The Labute approximate surface area is 124 Å². The lowest BCUT2D eigenvalue weighted by atomic mass is 10.2. The molecule has 118 valence electrons. The number of thioether (sulfide) groups is 1. The van der Waals surface area contributed by atoms with E-state index in [1.54, 1.807) is 0 Å². The molecular formula is C12H14F3NO3S2. The molecule has 0 unspecified atom stereocenters. The van der Waals surface area contributed by atoms with E-state index in [0.29, 0.717) is 4.90 Å². The molecule has 0 atom stereocenters. The van der Waals surface area contributed by atoms with E-state index in [1.807, 2.05) is 0 Å². The normalized spacial score (nSPS) is 12.3. The Morgan fingerprint density at radius 2 is 1.90 bits per heavy atom. The number of amides is 1. The first-order chi connectivity index (χ1) is 9.60. The van der Waals surface area contributed by atoms with Crippen molar-refractivity contribution in [2.75, 3.05) is 17.3 Å². The molecule has 1 rings (SSSR count). The second kappa shape index (κ2) is 7.17. The molecule has 0 aliphatic rings. The highest BCUT2D eigenvalue weighted by molar-refractivity contribution is 8.00. The highest BCUT2D eigenvalue weighted by Gasteiger charge is 2.30. The number of hydrogen-bond donors (Lipinski definition) is 1. The van der Waals surface area contributed by atoms with Gasteiger partial charge in [0.1, 0.15) is 0 Å². The summed E-state index contributed by atoms with van der Waals surface area (Å²) in [5.74, 6) is -1.15. The zero-order chi connectivity index (χ0) is 16.1. The first-order valence-electron chi connectivity index (χ1n) is 5.89. The number of alkyl halides is 3. The summed E-state index contributed by atoms with van der Waals surface area (Å²) >= 11 is 1.02. The molecule has 0 saturated heterocycles. The lowest BCUT2D eigenvalue weighted by molar-refractivity contribution is -0.137. The second-order valence-electron chi connectivity index (χ2n) is 4.24. The number of nitrogens with two attached hydrogens (primary N) is 1. The van der Waals surface area contributed by atoms with Crippen LogP contribution in [-0.4, -0.2) is 31.6 Å². The minimum Gasteiger partial charge on any atom is -0.370 e. The quantitative estimate of drug-likeness (QED) is 0.771. The van der Waals surface area contributed by atoms with E-state index in [2.05, 4.69) is 0 Å². The van der Waals surface area contributed by atoms with Crippen molar-refractivity contribution in [3.05, 3.63) is 29.8 Å². The van der Waals surface area contributed by atoms with Crippen LogP contribution in [0.25, 0.3) is 0 Å². The summed E-state index contributed by atoms with van der Waals surface area (Å²) in [5.41, 5.74) is 4.09. The molecule has 0 radical (unpaired) electrons. The molecule has 1 amide bonds. The van der Waals surface area contributed by atoms with Crippen LogP contribution in [0.15, 0.2) is 29.2 Å². The summed E-state index contributed by atoms with van der Waals surface area (Å²) in [6.07, 6.45) is -4.68. The SMILES string of the molecule is NC(=O)CCS(=O)(=O)CCSc1cccc(C(F)(F)F)c1. The third-order valence-corrected chi connectivity index (χ3v) is 5.39. The number of sulfone groups is 1. The Morgan fingerprint density at radius 1 is 1.24 bits per heavy atom. The maximum atomic E-state index is 12.5. The van der Waals surface area contributed by atoms with Crippen LogP contribution in [0, 0.1) is 0 Å². The van der Waals surface area contributed by atoms with Crippen molar-refractivity contribution >= 4 is 27.5 Å². The molecule has 0 aliphatic carbocycles. The first kappa shape index (κ1) is 17.8. The molecule has 2 N–H and O–H groups in total. The van der Waals surface area contributed by atoms with Crippen molar-refractivity contribution in [3.8, 4) is 0 Å². The average Bonchev–Trinajstić information content (AvgIpc) is 2.36. The average molecular weight is 341 g/mol. The van der Waals surface area contributed by atoms with E-state index in [4.69, 9.17) is 5.73 Å². The van der Waals surface area contributed by atoms with Crippen molar-refractivity contribution in [2.24, 2.45) is 5.73 Å². The molecule has 1 aromatic carbocycles. The number of benzene rings is 1. The summed E-state index contributed by atoms with van der Waals surface area (Å²) in [4.78, 5) is 10.9. The number of carbonyl (C=O) groups excluding carboxylic acids is 1. The summed E-state index contributed by atoms with van der Waals surface area (Å²) in [5, 5.41) is 0. The number of halogens is 3. The van der Waals surface area contributed by atoms with Crippen LogP contribution in [0.4, 0.5) is 13.2 Å².